The zero-order chi connectivity index (χ0) is 29.6. The van der Waals surface area contributed by atoms with E-state index in [0.717, 1.165) is 28.5 Å². The number of hydrogen-bond acceptors (Lipinski definition) is 4. The Morgan fingerprint density at radius 2 is 1.90 bits per heavy atom. The highest BCUT2D eigenvalue weighted by Crippen LogP contribution is 2.45. The molecule has 0 saturated carbocycles. The standard InChI is InChI=1S/C33H35F2NO5/c1-18-15-26-22(12-13-36(26)17-20-9-7-11-24(34)29(20)39-6)28(27(18)31(32(37)38)41-33(3,4)5)23-16-25(35)30-21(19(23)2)10-8-14-40-30/h7,9,11-13,15-16,31H,8,10,14,17H2,1-6H3,(H,37,38)/t31-/m0/s1. The van der Waals surface area contributed by atoms with Gasteiger partial charge in [-0.2, -0.15) is 0 Å². The summed E-state index contributed by atoms with van der Waals surface area (Å²) in [6, 6.07) is 10.0. The minimum absolute atomic E-state index is 0.167. The summed E-state index contributed by atoms with van der Waals surface area (Å²) in [7, 11) is 1.43. The molecule has 3 aromatic carbocycles. The number of nitrogens with zero attached hydrogens (tertiary/aromatic N) is 1. The van der Waals surface area contributed by atoms with Crippen LogP contribution in [0.5, 0.6) is 11.5 Å². The fourth-order valence-corrected chi connectivity index (χ4v) is 5.84. The second kappa shape index (κ2) is 10.8. The molecule has 0 amide bonds. The molecule has 0 aliphatic carbocycles. The molecule has 8 heteroatoms. The number of ether oxygens (including phenoxy) is 3. The average molecular weight is 564 g/mol. The molecule has 41 heavy (non-hydrogen) atoms. The molecule has 1 aliphatic rings. The molecule has 0 spiro atoms. The lowest BCUT2D eigenvalue weighted by atomic mass is 9.85. The molecule has 1 atom stereocenters. The Hall–Kier alpha value is -3.91. The predicted octanol–water partition coefficient (Wildman–Crippen LogP) is 7.53. The smallest absolute Gasteiger partial charge is 0.337 e. The van der Waals surface area contributed by atoms with Crippen molar-refractivity contribution in [3.8, 4) is 22.6 Å². The van der Waals surface area contributed by atoms with E-state index in [2.05, 4.69) is 0 Å². The van der Waals surface area contributed by atoms with Crippen LogP contribution in [0.2, 0.25) is 0 Å². The quantitative estimate of drug-likeness (QED) is 0.252. The van der Waals surface area contributed by atoms with Crippen LogP contribution in [0.4, 0.5) is 8.78 Å². The van der Waals surface area contributed by atoms with E-state index < -0.39 is 29.3 Å². The van der Waals surface area contributed by atoms with Gasteiger partial charge in [0.25, 0.3) is 0 Å². The molecular weight excluding hydrogens is 528 g/mol. The number of hydrogen-bond donors (Lipinski definition) is 1. The summed E-state index contributed by atoms with van der Waals surface area (Å²) >= 11 is 0. The Kier molecular flexibility index (Phi) is 7.55. The fraction of sp³-hybridized carbons (Fsp3) is 0.364. The summed E-state index contributed by atoms with van der Waals surface area (Å²) in [6.07, 6.45) is 2.01. The van der Waals surface area contributed by atoms with Crippen molar-refractivity contribution in [3.63, 3.8) is 0 Å². The molecular formula is C33H35F2NO5. The Bertz CT molecular complexity index is 1650. The molecule has 4 aromatic rings. The molecule has 0 radical (unpaired) electrons. The van der Waals surface area contributed by atoms with E-state index in [4.69, 9.17) is 14.2 Å². The van der Waals surface area contributed by atoms with Gasteiger partial charge in [-0.15, -0.1) is 0 Å². The van der Waals surface area contributed by atoms with Crippen LogP contribution in [0, 0.1) is 25.5 Å². The molecule has 1 aromatic heterocycles. The maximum absolute atomic E-state index is 15.5. The number of rotatable bonds is 7. The molecule has 1 aliphatic heterocycles. The number of aryl methyl sites for hydroxylation is 1. The van der Waals surface area contributed by atoms with E-state index in [1.807, 2.05) is 36.7 Å². The number of methoxy groups -OCH3 is 1. The number of halogens is 2. The number of aromatic nitrogens is 1. The van der Waals surface area contributed by atoms with Crippen molar-refractivity contribution in [2.45, 2.75) is 65.7 Å². The van der Waals surface area contributed by atoms with Crippen molar-refractivity contribution < 1.29 is 32.9 Å². The highest BCUT2D eigenvalue weighted by atomic mass is 19.1. The highest BCUT2D eigenvalue weighted by Gasteiger charge is 2.33. The predicted molar refractivity (Wildman–Crippen MR) is 154 cm³/mol. The van der Waals surface area contributed by atoms with Crippen LogP contribution < -0.4 is 9.47 Å². The summed E-state index contributed by atoms with van der Waals surface area (Å²) in [4.78, 5) is 12.7. The van der Waals surface area contributed by atoms with Gasteiger partial charge in [0.2, 0.25) is 0 Å². The van der Waals surface area contributed by atoms with Gasteiger partial charge in [-0.1, -0.05) is 12.1 Å². The average Bonchev–Trinajstić information content (AvgIpc) is 3.30. The number of carbonyl (C=O) groups is 1. The first-order chi connectivity index (χ1) is 19.4. The van der Waals surface area contributed by atoms with Crippen molar-refractivity contribution in [2.24, 2.45) is 0 Å². The third-order valence-corrected chi connectivity index (χ3v) is 7.58. The number of benzene rings is 3. The van der Waals surface area contributed by atoms with E-state index >= 15 is 4.39 Å². The van der Waals surface area contributed by atoms with E-state index in [-0.39, 0.29) is 11.5 Å². The van der Waals surface area contributed by atoms with E-state index in [1.54, 1.807) is 32.9 Å². The van der Waals surface area contributed by atoms with Gasteiger partial charge in [0.15, 0.2) is 29.2 Å². The van der Waals surface area contributed by atoms with Crippen molar-refractivity contribution in [3.05, 3.63) is 82.0 Å². The van der Waals surface area contributed by atoms with Crippen molar-refractivity contribution in [2.75, 3.05) is 13.7 Å². The van der Waals surface area contributed by atoms with Gasteiger partial charge in [-0.25, -0.2) is 13.6 Å². The lowest BCUT2D eigenvalue weighted by Crippen LogP contribution is -2.28. The topological polar surface area (TPSA) is 69.9 Å². The van der Waals surface area contributed by atoms with Crippen LogP contribution in [0.3, 0.4) is 0 Å². The van der Waals surface area contributed by atoms with E-state index in [9.17, 15) is 14.3 Å². The number of fused-ring (bicyclic) bond motifs is 2. The molecule has 0 saturated heterocycles. The van der Waals surface area contributed by atoms with Crippen molar-refractivity contribution in [1.82, 2.24) is 4.57 Å². The van der Waals surface area contributed by atoms with E-state index in [1.165, 1.54) is 19.2 Å². The monoisotopic (exact) mass is 563 g/mol. The molecule has 216 valence electrons. The Balaban J connectivity index is 1.81. The van der Waals surface area contributed by atoms with Gasteiger partial charge in [-0.05, 0) is 94.0 Å². The fourth-order valence-electron chi connectivity index (χ4n) is 5.84. The number of aliphatic carboxylic acids is 1. The van der Waals surface area contributed by atoms with Crippen molar-refractivity contribution in [1.29, 1.82) is 0 Å². The number of carboxylic acid groups (broad SMARTS) is 1. The third-order valence-electron chi connectivity index (χ3n) is 7.58. The molecule has 1 N–H and O–H groups in total. The van der Waals surface area contributed by atoms with Crippen LogP contribution in [-0.2, 0) is 22.5 Å². The zero-order valence-electron chi connectivity index (χ0n) is 24.2. The second-order valence-electron chi connectivity index (χ2n) is 11.5. The van der Waals surface area contributed by atoms with Gasteiger partial charge in [0, 0.05) is 33.8 Å². The normalized spacial score (nSPS) is 14.0. The van der Waals surface area contributed by atoms with Crippen molar-refractivity contribution >= 4 is 16.9 Å². The lowest BCUT2D eigenvalue weighted by Gasteiger charge is -2.29. The van der Waals surface area contributed by atoms with Crippen LogP contribution in [0.15, 0.2) is 42.6 Å². The van der Waals surface area contributed by atoms with Crippen LogP contribution >= 0.6 is 0 Å². The van der Waals surface area contributed by atoms with Gasteiger partial charge < -0.3 is 23.9 Å². The Morgan fingerprint density at radius 1 is 1.15 bits per heavy atom. The van der Waals surface area contributed by atoms with Gasteiger partial charge in [0.05, 0.1) is 25.9 Å². The van der Waals surface area contributed by atoms with E-state index in [0.29, 0.717) is 47.4 Å². The number of carboxylic acids is 1. The van der Waals surface area contributed by atoms with Crippen LogP contribution in [-0.4, -0.2) is 35.0 Å². The van der Waals surface area contributed by atoms with Crippen LogP contribution in [0.25, 0.3) is 22.0 Å². The molecule has 6 nitrogen and oxygen atoms in total. The summed E-state index contributed by atoms with van der Waals surface area (Å²) in [5.41, 5.74) is 4.68. The molecule has 0 fully saturated rings. The third kappa shape index (κ3) is 5.28. The first-order valence-electron chi connectivity index (χ1n) is 13.7. The molecule has 2 heterocycles. The largest absolute Gasteiger partial charge is 0.493 e. The number of para-hydroxylation sites is 1. The SMILES string of the molecule is COc1c(F)cccc1Cn1ccc2c(-c3cc(F)c4c(c3C)CCCO4)c([C@H](OC(C)(C)C)C(=O)O)c(C)cc21. The van der Waals surface area contributed by atoms with Gasteiger partial charge in [-0.3, -0.25) is 0 Å². The minimum atomic E-state index is -1.30. The summed E-state index contributed by atoms with van der Waals surface area (Å²) in [5, 5.41) is 11.1. The van der Waals surface area contributed by atoms with Gasteiger partial charge in [0.1, 0.15) is 0 Å². The Morgan fingerprint density at radius 3 is 2.59 bits per heavy atom. The maximum Gasteiger partial charge on any atom is 0.337 e. The summed E-state index contributed by atoms with van der Waals surface area (Å²) in [5.74, 6) is -1.63. The molecule has 5 rings (SSSR count). The molecule has 0 bridgehead atoms. The lowest BCUT2D eigenvalue weighted by molar-refractivity contribution is -0.160. The second-order valence-corrected chi connectivity index (χ2v) is 11.5. The first-order valence-corrected chi connectivity index (χ1v) is 13.7. The first kappa shape index (κ1) is 28.6. The molecule has 0 unspecified atom stereocenters. The summed E-state index contributed by atoms with van der Waals surface area (Å²) < 4.78 is 49.1. The highest BCUT2D eigenvalue weighted by molar-refractivity contribution is 6.01. The van der Waals surface area contributed by atoms with Gasteiger partial charge >= 0.3 is 5.97 Å². The van der Waals surface area contributed by atoms with Crippen LogP contribution in [0.1, 0.15) is 61.1 Å². The Labute approximate surface area is 238 Å². The zero-order valence-corrected chi connectivity index (χ0v) is 24.2. The maximum atomic E-state index is 15.5. The summed E-state index contributed by atoms with van der Waals surface area (Å²) in [6.45, 7) is 9.95. The minimum Gasteiger partial charge on any atom is -0.493 e.